The molecule has 3 heteroatoms. The lowest BCUT2D eigenvalue weighted by Crippen LogP contribution is -2.13. The minimum atomic E-state index is 0.0480. The first-order chi connectivity index (χ1) is 8.09. The largest absolute Gasteiger partial charge is 0.299 e. The van der Waals surface area contributed by atoms with Gasteiger partial charge in [0.2, 0.25) is 0 Å². The molecule has 3 nitrogen and oxygen atoms in total. The molecule has 90 valence electrons. The maximum atomic E-state index is 12.1. The van der Waals surface area contributed by atoms with Crippen LogP contribution >= 0.6 is 0 Å². The van der Waals surface area contributed by atoms with Crippen molar-refractivity contribution in [2.75, 3.05) is 0 Å². The summed E-state index contributed by atoms with van der Waals surface area (Å²) in [6.07, 6.45) is 0.889. The number of aryl methyl sites for hydroxylation is 1. The second-order valence-corrected chi connectivity index (χ2v) is 4.79. The van der Waals surface area contributed by atoms with Gasteiger partial charge in [0.15, 0.2) is 0 Å². The lowest BCUT2D eigenvalue weighted by Gasteiger charge is -2.05. The number of nitrogens with zero attached hydrogens (tertiary/aromatic N) is 1. The molecule has 1 N–H and O–H groups in total. The summed E-state index contributed by atoms with van der Waals surface area (Å²) in [6, 6.07) is 9.84. The van der Waals surface area contributed by atoms with E-state index in [1.165, 1.54) is 0 Å². The standard InChI is InChI=1S/C14H18N2O/c1-10(2)9-12-13(14(17)16(3)15-12)11-7-5-4-6-8-11/h4-8,10,15H,9H2,1-3H3. The Labute approximate surface area is 101 Å². The Morgan fingerprint density at radius 1 is 1.24 bits per heavy atom. The molecule has 0 radical (unpaired) electrons. The van der Waals surface area contributed by atoms with Gasteiger partial charge in [-0.15, -0.1) is 0 Å². The fraction of sp³-hybridized carbons (Fsp3) is 0.357. The first-order valence-electron chi connectivity index (χ1n) is 5.93. The summed E-state index contributed by atoms with van der Waals surface area (Å²) in [5.41, 5.74) is 2.87. The molecule has 2 rings (SSSR count). The maximum absolute atomic E-state index is 12.1. The Kier molecular flexibility index (Phi) is 3.18. The van der Waals surface area contributed by atoms with E-state index in [1.54, 1.807) is 11.7 Å². The average Bonchev–Trinajstić information content (AvgIpc) is 2.55. The van der Waals surface area contributed by atoms with Crippen molar-refractivity contribution in [3.05, 3.63) is 46.4 Å². The van der Waals surface area contributed by atoms with E-state index in [0.717, 1.165) is 23.2 Å². The molecule has 0 amide bonds. The van der Waals surface area contributed by atoms with Crippen molar-refractivity contribution in [1.82, 2.24) is 9.78 Å². The number of benzene rings is 1. The maximum Gasteiger partial charge on any atom is 0.274 e. The van der Waals surface area contributed by atoms with Crippen LogP contribution in [0, 0.1) is 5.92 Å². The Bertz CT molecular complexity index is 549. The Morgan fingerprint density at radius 3 is 2.47 bits per heavy atom. The molecular formula is C14H18N2O. The zero-order valence-electron chi connectivity index (χ0n) is 10.5. The predicted molar refractivity (Wildman–Crippen MR) is 70.0 cm³/mol. The molecule has 0 saturated carbocycles. The van der Waals surface area contributed by atoms with Crippen LogP contribution in [0.4, 0.5) is 0 Å². The molecule has 1 aromatic carbocycles. The fourth-order valence-corrected chi connectivity index (χ4v) is 2.06. The third kappa shape index (κ3) is 2.33. The van der Waals surface area contributed by atoms with E-state index in [4.69, 9.17) is 0 Å². The highest BCUT2D eigenvalue weighted by atomic mass is 16.1. The van der Waals surface area contributed by atoms with Crippen molar-refractivity contribution in [3.63, 3.8) is 0 Å². The Morgan fingerprint density at radius 2 is 1.88 bits per heavy atom. The highest BCUT2D eigenvalue weighted by molar-refractivity contribution is 5.65. The molecule has 0 unspecified atom stereocenters. The Balaban J connectivity index is 2.56. The van der Waals surface area contributed by atoms with Crippen LogP contribution in [0.3, 0.4) is 0 Å². The molecule has 0 fully saturated rings. The topological polar surface area (TPSA) is 37.8 Å². The van der Waals surface area contributed by atoms with Gasteiger partial charge in [-0.05, 0) is 17.9 Å². The van der Waals surface area contributed by atoms with E-state index in [1.807, 2.05) is 30.3 Å². The van der Waals surface area contributed by atoms with Crippen LogP contribution in [0.5, 0.6) is 0 Å². The molecule has 17 heavy (non-hydrogen) atoms. The Hall–Kier alpha value is -1.77. The number of rotatable bonds is 3. The lowest BCUT2D eigenvalue weighted by molar-refractivity contribution is 0.619. The minimum absolute atomic E-state index is 0.0480. The molecule has 0 aliphatic rings. The molecule has 1 heterocycles. The third-order valence-electron chi connectivity index (χ3n) is 2.80. The summed E-state index contributed by atoms with van der Waals surface area (Å²) in [5.74, 6) is 0.524. The van der Waals surface area contributed by atoms with E-state index in [0.29, 0.717) is 5.92 Å². The van der Waals surface area contributed by atoms with E-state index in [2.05, 4.69) is 18.9 Å². The zero-order chi connectivity index (χ0) is 12.4. The number of nitrogens with one attached hydrogen (secondary N) is 1. The lowest BCUT2D eigenvalue weighted by atomic mass is 10.0. The van der Waals surface area contributed by atoms with Gasteiger partial charge in [-0.2, -0.15) is 0 Å². The molecule has 0 saturated heterocycles. The van der Waals surface area contributed by atoms with Gasteiger partial charge in [0.1, 0.15) is 0 Å². The monoisotopic (exact) mass is 230 g/mol. The van der Waals surface area contributed by atoms with Gasteiger partial charge in [-0.3, -0.25) is 14.6 Å². The highest BCUT2D eigenvalue weighted by Crippen LogP contribution is 2.20. The molecule has 1 aromatic heterocycles. The van der Waals surface area contributed by atoms with Crippen LogP contribution in [0.1, 0.15) is 19.5 Å². The zero-order valence-corrected chi connectivity index (χ0v) is 10.5. The highest BCUT2D eigenvalue weighted by Gasteiger charge is 2.14. The van der Waals surface area contributed by atoms with Crippen LogP contribution < -0.4 is 5.56 Å². The SMILES string of the molecule is CC(C)Cc1[nH]n(C)c(=O)c1-c1ccccc1. The second kappa shape index (κ2) is 4.62. The van der Waals surface area contributed by atoms with Gasteiger partial charge in [-0.1, -0.05) is 44.2 Å². The quantitative estimate of drug-likeness (QED) is 0.864. The van der Waals surface area contributed by atoms with Gasteiger partial charge in [0, 0.05) is 12.7 Å². The van der Waals surface area contributed by atoms with E-state index < -0.39 is 0 Å². The minimum Gasteiger partial charge on any atom is -0.299 e. The molecule has 0 aliphatic carbocycles. The summed E-state index contributed by atoms with van der Waals surface area (Å²) in [5, 5.41) is 3.15. The molecule has 0 bridgehead atoms. The summed E-state index contributed by atoms with van der Waals surface area (Å²) >= 11 is 0. The van der Waals surface area contributed by atoms with Crippen molar-refractivity contribution < 1.29 is 0 Å². The first kappa shape index (κ1) is 11.7. The van der Waals surface area contributed by atoms with Crippen LogP contribution in [0.25, 0.3) is 11.1 Å². The van der Waals surface area contributed by atoms with Gasteiger partial charge in [-0.25, -0.2) is 0 Å². The fourth-order valence-electron chi connectivity index (χ4n) is 2.06. The van der Waals surface area contributed by atoms with Crippen molar-refractivity contribution in [1.29, 1.82) is 0 Å². The van der Waals surface area contributed by atoms with Crippen molar-refractivity contribution in [3.8, 4) is 11.1 Å². The summed E-state index contributed by atoms with van der Waals surface area (Å²) in [6.45, 7) is 4.31. The molecule has 0 aliphatic heterocycles. The molecule has 0 spiro atoms. The summed E-state index contributed by atoms with van der Waals surface area (Å²) in [7, 11) is 1.76. The third-order valence-corrected chi connectivity index (χ3v) is 2.80. The predicted octanol–water partition coefficient (Wildman–Crippen LogP) is 2.58. The van der Waals surface area contributed by atoms with Crippen molar-refractivity contribution in [2.24, 2.45) is 13.0 Å². The first-order valence-corrected chi connectivity index (χ1v) is 5.93. The van der Waals surface area contributed by atoms with E-state index in [-0.39, 0.29) is 5.56 Å². The molecule has 0 atom stereocenters. The number of hydrogen-bond acceptors (Lipinski definition) is 1. The number of aromatic nitrogens is 2. The number of H-pyrrole nitrogens is 1. The van der Waals surface area contributed by atoms with Gasteiger partial charge >= 0.3 is 0 Å². The van der Waals surface area contributed by atoms with Crippen molar-refractivity contribution >= 4 is 0 Å². The summed E-state index contributed by atoms with van der Waals surface area (Å²) < 4.78 is 1.56. The van der Waals surface area contributed by atoms with Crippen molar-refractivity contribution in [2.45, 2.75) is 20.3 Å². The number of aromatic amines is 1. The van der Waals surface area contributed by atoms with Gasteiger partial charge in [0.25, 0.3) is 5.56 Å². The average molecular weight is 230 g/mol. The van der Waals surface area contributed by atoms with E-state index >= 15 is 0 Å². The smallest absolute Gasteiger partial charge is 0.274 e. The van der Waals surface area contributed by atoms with Crippen LogP contribution in [-0.4, -0.2) is 9.78 Å². The molecular weight excluding hydrogens is 212 g/mol. The molecule has 2 aromatic rings. The van der Waals surface area contributed by atoms with Crippen LogP contribution in [0.2, 0.25) is 0 Å². The van der Waals surface area contributed by atoms with E-state index in [9.17, 15) is 4.79 Å². The van der Waals surface area contributed by atoms with Crippen LogP contribution in [-0.2, 0) is 13.5 Å². The summed E-state index contributed by atoms with van der Waals surface area (Å²) in [4.78, 5) is 12.1. The van der Waals surface area contributed by atoms with Gasteiger partial charge < -0.3 is 0 Å². The van der Waals surface area contributed by atoms with Crippen LogP contribution in [0.15, 0.2) is 35.1 Å². The van der Waals surface area contributed by atoms with Gasteiger partial charge in [0.05, 0.1) is 5.56 Å². The normalized spacial score (nSPS) is 11.1. The number of hydrogen-bond donors (Lipinski definition) is 1. The second-order valence-electron chi connectivity index (χ2n) is 4.79.